The minimum absolute atomic E-state index is 0.358. The number of hydrazone groups is 1. The number of methoxy groups -OCH3 is 1. The number of ether oxygens (including phenoxy) is 2. The highest BCUT2D eigenvalue weighted by Gasteiger charge is 2.07. The van der Waals surface area contributed by atoms with E-state index in [1.165, 1.54) is 14.0 Å². The molecule has 24 heavy (non-hydrogen) atoms. The molecule has 2 aromatic carbocycles. The molecule has 0 aliphatic rings. The molecule has 0 aliphatic heterocycles. The lowest BCUT2D eigenvalue weighted by molar-refractivity contribution is -0.132. The number of rotatable bonds is 5. The van der Waals surface area contributed by atoms with Gasteiger partial charge < -0.3 is 14.8 Å². The summed E-state index contributed by atoms with van der Waals surface area (Å²) in [6.07, 6.45) is 1.58. The third-order valence-electron chi connectivity index (χ3n) is 2.85. The number of nitrogens with zero attached hydrogens (tertiary/aromatic N) is 1. The lowest BCUT2D eigenvalue weighted by Crippen LogP contribution is -2.23. The van der Waals surface area contributed by atoms with Crippen LogP contribution in [0.4, 0.5) is 5.69 Å². The van der Waals surface area contributed by atoms with Crippen molar-refractivity contribution in [2.45, 2.75) is 6.92 Å². The third-order valence-corrected chi connectivity index (χ3v) is 3.05. The summed E-state index contributed by atoms with van der Waals surface area (Å²) in [6, 6.07) is 14.6. The molecule has 0 unspecified atom stereocenters. The molecule has 0 bridgehead atoms. The van der Waals surface area contributed by atoms with E-state index in [9.17, 15) is 4.79 Å². The van der Waals surface area contributed by atoms with Crippen molar-refractivity contribution in [3.63, 3.8) is 0 Å². The number of carbonyl (C=O) groups excluding carboxylic acids is 1. The maximum absolute atomic E-state index is 11.0. The first-order valence-corrected chi connectivity index (χ1v) is 7.51. The number of esters is 1. The fourth-order valence-corrected chi connectivity index (χ4v) is 2.02. The standard InChI is InChI=1S/C17H17N3O3S/c1-12(21)23-15-9-8-13(10-16(15)22-2)11-18-20-17(24)19-14-6-4-3-5-7-14/h3-11H,1-2H3,(H2,19,20,24)/b18-11+. The molecular formula is C17H17N3O3S. The summed E-state index contributed by atoms with van der Waals surface area (Å²) in [5.41, 5.74) is 4.36. The molecular weight excluding hydrogens is 326 g/mol. The van der Waals surface area contributed by atoms with Gasteiger partial charge in [0, 0.05) is 12.6 Å². The average molecular weight is 343 g/mol. The van der Waals surface area contributed by atoms with E-state index in [-0.39, 0.29) is 0 Å². The Morgan fingerprint density at radius 2 is 1.92 bits per heavy atom. The minimum atomic E-state index is -0.409. The maximum Gasteiger partial charge on any atom is 0.308 e. The smallest absolute Gasteiger partial charge is 0.308 e. The van der Waals surface area contributed by atoms with Crippen LogP contribution in [-0.2, 0) is 4.79 Å². The third kappa shape index (κ3) is 5.36. The molecule has 0 saturated carbocycles. The van der Waals surface area contributed by atoms with Crippen LogP contribution in [0.3, 0.4) is 0 Å². The molecule has 0 atom stereocenters. The van der Waals surface area contributed by atoms with Gasteiger partial charge in [0.2, 0.25) is 0 Å². The lowest BCUT2D eigenvalue weighted by atomic mass is 10.2. The molecule has 6 nitrogen and oxygen atoms in total. The Bertz CT molecular complexity index is 748. The van der Waals surface area contributed by atoms with Gasteiger partial charge in [0.1, 0.15) is 0 Å². The van der Waals surface area contributed by atoms with E-state index in [0.717, 1.165) is 11.3 Å². The van der Waals surface area contributed by atoms with Gasteiger partial charge in [-0.25, -0.2) is 0 Å². The fraction of sp³-hybridized carbons (Fsp3) is 0.118. The van der Waals surface area contributed by atoms with Crippen molar-refractivity contribution in [1.29, 1.82) is 0 Å². The van der Waals surface area contributed by atoms with Crippen LogP contribution in [0.25, 0.3) is 0 Å². The maximum atomic E-state index is 11.0. The molecule has 0 saturated heterocycles. The van der Waals surface area contributed by atoms with E-state index >= 15 is 0 Å². The molecule has 7 heteroatoms. The number of anilines is 1. The van der Waals surface area contributed by atoms with E-state index in [1.807, 2.05) is 30.3 Å². The highest BCUT2D eigenvalue weighted by Crippen LogP contribution is 2.27. The molecule has 0 spiro atoms. The second-order valence-corrected chi connectivity index (χ2v) is 5.10. The van der Waals surface area contributed by atoms with Crippen LogP contribution in [0, 0.1) is 0 Å². The van der Waals surface area contributed by atoms with Crippen molar-refractivity contribution in [1.82, 2.24) is 5.43 Å². The Hall–Kier alpha value is -2.93. The number of para-hydroxylation sites is 1. The first kappa shape index (κ1) is 17.4. The van der Waals surface area contributed by atoms with Gasteiger partial charge in [-0.05, 0) is 48.1 Å². The van der Waals surface area contributed by atoms with Crippen LogP contribution in [-0.4, -0.2) is 24.4 Å². The molecule has 0 heterocycles. The van der Waals surface area contributed by atoms with Crippen molar-refractivity contribution in [3.05, 3.63) is 54.1 Å². The molecule has 0 aliphatic carbocycles. The van der Waals surface area contributed by atoms with E-state index < -0.39 is 5.97 Å². The van der Waals surface area contributed by atoms with Crippen LogP contribution >= 0.6 is 12.2 Å². The van der Waals surface area contributed by atoms with Crippen LogP contribution in [0.5, 0.6) is 11.5 Å². The number of thiocarbonyl (C=S) groups is 1. The number of benzene rings is 2. The average Bonchev–Trinajstić information content (AvgIpc) is 2.56. The summed E-state index contributed by atoms with van der Waals surface area (Å²) in [5, 5.41) is 7.44. The van der Waals surface area contributed by atoms with E-state index in [2.05, 4.69) is 15.8 Å². The first-order chi connectivity index (χ1) is 11.6. The number of hydrogen-bond acceptors (Lipinski definition) is 5. The Morgan fingerprint density at radius 3 is 2.58 bits per heavy atom. The van der Waals surface area contributed by atoms with Crippen molar-refractivity contribution in [3.8, 4) is 11.5 Å². The zero-order chi connectivity index (χ0) is 17.4. The predicted molar refractivity (Wildman–Crippen MR) is 97.7 cm³/mol. The SMILES string of the molecule is COc1cc(/C=N/NC(=S)Nc2ccccc2)ccc1OC(C)=O. The lowest BCUT2D eigenvalue weighted by Gasteiger charge is -2.08. The Balaban J connectivity index is 1.96. The van der Waals surface area contributed by atoms with Gasteiger partial charge in [-0.15, -0.1) is 0 Å². The van der Waals surface area contributed by atoms with Crippen LogP contribution in [0.15, 0.2) is 53.6 Å². The highest BCUT2D eigenvalue weighted by molar-refractivity contribution is 7.80. The van der Waals surface area contributed by atoms with Crippen LogP contribution in [0.1, 0.15) is 12.5 Å². The van der Waals surface area contributed by atoms with Gasteiger partial charge in [0.05, 0.1) is 13.3 Å². The van der Waals surface area contributed by atoms with Gasteiger partial charge in [-0.1, -0.05) is 18.2 Å². The van der Waals surface area contributed by atoms with Crippen molar-refractivity contribution >= 4 is 35.2 Å². The van der Waals surface area contributed by atoms with Crippen LogP contribution in [0.2, 0.25) is 0 Å². The molecule has 0 amide bonds. The Kier molecular flexibility index (Phi) is 6.27. The largest absolute Gasteiger partial charge is 0.493 e. The molecule has 124 valence electrons. The molecule has 2 N–H and O–H groups in total. The highest BCUT2D eigenvalue weighted by atomic mass is 32.1. The number of carbonyl (C=O) groups is 1. The monoisotopic (exact) mass is 343 g/mol. The van der Waals surface area contributed by atoms with Gasteiger partial charge in [0.25, 0.3) is 0 Å². The van der Waals surface area contributed by atoms with Crippen LogP contribution < -0.4 is 20.2 Å². The zero-order valence-corrected chi connectivity index (χ0v) is 14.1. The van der Waals surface area contributed by atoms with Crippen molar-refractivity contribution in [2.75, 3.05) is 12.4 Å². The second-order valence-electron chi connectivity index (χ2n) is 4.69. The summed E-state index contributed by atoms with van der Waals surface area (Å²) < 4.78 is 10.2. The topological polar surface area (TPSA) is 71.9 Å². The molecule has 2 aromatic rings. The quantitative estimate of drug-likeness (QED) is 0.286. The van der Waals surface area contributed by atoms with Gasteiger partial charge in [-0.3, -0.25) is 10.2 Å². The molecule has 0 fully saturated rings. The fourth-order valence-electron chi connectivity index (χ4n) is 1.85. The summed E-state index contributed by atoms with van der Waals surface area (Å²) in [4.78, 5) is 11.0. The number of hydrogen-bond donors (Lipinski definition) is 2. The predicted octanol–water partition coefficient (Wildman–Crippen LogP) is 2.94. The summed E-state index contributed by atoms with van der Waals surface area (Å²) >= 11 is 5.15. The number of nitrogens with one attached hydrogen (secondary N) is 2. The minimum Gasteiger partial charge on any atom is -0.493 e. The van der Waals surface area contributed by atoms with E-state index in [4.69, 9.17) is 21.7 Å². The Labute approximate surface area is 145 Å². The summed E-state index contributed by atoms with van der Waals surface area (Å²) in [5.74, 6) is 0.393. The summed E-state index contributed by atoms with van der Waals surface area (Å²) in [7, 11) is 1.50. The van der Waals surface area contributed by atoms with Gasteiger partial charge in [0.15, 0.2) is 16.6 Å². The van der Waals surface area contributed by atoms with Crippen molar-refractivity contribution < 1.29 is 14.3 Å². The van der Waals surface area contributed by atoms with E-state index in [0.29, 0.717) is 16.6 Å². The normalized spacial score (nSPS) is 10.2. The zero-order valence-electron chi connectivity index (χ0n) is 13.3. The Morgan fingerprint density at radius 1 is 1.17 bits per heavy atom. The first-order valence-electron chi connectivity index (χ1n) is 7.10. The van der Waals surface area contributed by atoms with Gasteiger partial charge >= 0.3 is 5.97 Å². The molecule has 0 radical (unpaired) electrons. The molecule has 0 aromatic heterocycles. The second kappa shape index (κ2) is 8.64. The van der Waals surface area contributed by atoms with Gasteiger partial charge in [-0.2, -0.15) is 5.10 Å². The summed E-state index contributed by atoms with van der Waals surface area (Å²) in [6.45, 7) is 1.33. The van der Waals surface area contributed by atoms with Crippen molar-refractivity contribution in [2.24, 2.45) is 5.10 Å². The molecule has 2 rings (SSSR count). The van der Waals surface area contributed by atoms with E-state index in [1.54, 1.807) is 24.4 Å².